The molecule has 3 aliphatic rings. The van der Waals surface area contributed by atoms with E-state index < -0.39 is 6.04 Å². The first-order valence-corrected chi connectivity index (χ1v) is 12.0. The first-order valence-electron chi connectivity index (χ1n) is 12.0. The number of pyridine rings is 1. The zero-order chi connectivity index (χ0) is 23.7. The van der Waals surface area contributed by atoms with Crippen LogP contribution in [0.15, 0.2) is 30.6 Å². The van der Waals surface area contributed by atoms with Crippen LogP contribution in [0.4, 0.5) is 10.6 Å². The normalized spacial score (nSPS) is 26.2. The molecule has 4 heterocycles. The fourth-order valence-corrected chi connectivity index (χ4v) is 4.62. The van der Waals surface area contributed by atoms with Crippen LogP contribution in [0.3, 0.4) is 0 Å². The number of carbonyl (C=O) groups is 2. The van der Waals surface area contributed by atoms with Gasteiger partial charge in [0.2, 0.25) is 5.91 Å². The Balaban J connectivity index is 1.10. The summed E-state index contributed by atoms with van der Waals surface area (Å²) in [6.45, 7) is 5.64. The molecule has 1 aliphatic carbocycles. The first kappa shape index (κ1) is 22.6. The summed E-state index contributed by atoms with van der Waals surface area (Å²) in [4.78, 5) is 31.1. The van der Waals surface area contributed by atoms with Gasteiger partial charge >= 0.3 is 6.09 Å². The molecule has 10 heteroatoms. The van der Waals surface area contributed by atoms with Crippen molar-refractivity contribution < 1.29 is 19.1 Å². The van der Waals surface area contributed by atoms with Crippen LogP contribution in [0.1, 0.15) is 62.8 Å². The van der Waals surface area contributed by atoms with E-state index in [2.05, 4.69) is 31.9 Å². The van der Waals surface area contributed by atoms with Crippen molar-refractivity contribution in [2.45, 2.75) is 69.2 Å². The molecule has 4 atom stereocenters. The maximum atomic E-state index is 13.0. The third kappa shape index (κ3) is 5.16. The Bertz CT molecular complexity index is 1020. The van der Waals surface area contributed by atoms with Crippen LogP contribution < -0.4 is 10.6 Å². The molecular weight excluding hydrogens is 436 g/mol. The van der Waals surface area contributed by atoms with Gasteiger partial charge in [-0.2, -0.15) is 5.10 Å². The standard InChI is InChI=1S/C24H32N6O4/c1-15(22(31)30-9-5-17(13-30)16-4-3-8-25-12-16)26-21-11-19(28-29-21)20-10-18(14-33-20)34-23(32)27-24(2)6-7-24/h3-4,8,11-12,15,17-18,20H,5-7,9-10,13-14H2,1-2H3,(H,27,32)(H2,26,28,29)/t15-,17+,18+,20+/m1/s1. The van der Waals surface area contributed by atoms with Gasteiger partial charge in [-0.3, -0.25) is 14.9 Å². The third-order valence-corrected chi connectivity index (χ3v) is 6.97. The molecule has 2 aliphatic heterocycles. The molecule has 3 N–H and O–H groups in total. The summed E-state index contributed by atoms with van der Waals surface area (Å²) >= 11 is 0. The largest absolute Gasteiger partial charge is 0.444 e. The van der Waals surface area contributed by atoms with Crippen molar-refractivity contribution in [1.82, 2.24) is 25.4 Å². The zero-order valence-corrected chi connectivity index (χ0v) is 19.6. The van der Waals surface area contributed by atoms with E-state index in [0.29, 0.717) is 31.3 Å². The molecule has 0 bridgehead atoms. The summed E-state index contributed by atoms with van der Waals surface area (Å²) in [5.41, 5.74) is 1.86. The van der Waals surface area contributed by atoms with Gasteiger partial charge in [0.25, 0.3) is 0 Å². The number of nitrogens with zero attached hydrogens (tertiary/aromatic N) is 3. The summed E-state index contributed by atoms with van der Waals surface area (Å²) in [6.07, 6.45) is 6.20. The van der Waals surface area contributed by atoms with E-state index in [1.807, 2.05) is 37.1 Å². The Kier molecular flexibility index (Phi) is 6.16. The van der Waals surface area contributed by atoms with Crippen molar-refractivity contribution in [3.8, 4) is 0 Å². The van der Waals surface area contributed by atoms with E-state index in [9.17, 15) is 9.59 Å². The molecule has 1 saturated carbocycles. The molecule has 2 saturated heterocycles. The Hall–Kier alpha value is -3.14. The molecule has 0 aromatic carbocycles. The third-order valence-electron chi connectivity index (χ3n) is 6.97. The first-order chi connectivity index (χ1) is 16.4. The van der Waals surface area contributed by atoms with Crippen LogP contribution in [0, 0.1) is 0 Å². The Morgan fingerprint density at radius 2 is 2.24 bits per heavy atom. The maximum Gasteiger partial charge on any atom is 0.407 e. The Morgan fingerprint density at radius 1 is 1.38 bits per heavy atom. The topological polar surface area (TPSA) is 121 Å². The number of alkyl carbamates (subject to hydrolysis) is 1. The highest BCUT2D eigenvalue weighted by atomic mass is 16.6. The van der Waals surface area contributed by atoms with Crippen LogP contribution in [-0.4, -0.2) is 69.5 Å². The lowest BCUT2D eigenvalue weighted by Gasteiger charge is -2.21. The van der Waals surface area contributed by atoms with Crippen molar-refractivity contribution in [3.05, 3.63) is 41.9 Å². The maximum absolute atomic E-state index is 13.0. The Morgan fingerprint density at radius 3 is 3.00 bits per heavy atom. The van der Waals surface area contributed by atoms with E-state index in [1.54, 1.807) is 6.20 Å². The van der Waals surface area contributed by atoms with Gasteiger partial charge in [-0.25, -0.2) is 4.79 Å². The smallest absolute Gasteiger partial charge is 0.407 e. The highest BCUT2D eigenvalue weighted by molar-refractivity contribution is 5.84. The van der Waals surface area contributed by atoms with Crippen molar-refractivity contribution >= 4 is 17.8 Å². The fourth-order valence-electron chi connectivity index (χ4n) is 4.62. The molecule has 0 radical (unpaired) electrons. The second-order valence-corrected chi connectivity index (χ2v) is 9.90. The van der Waals surface area contributed by atoms with Crippen LogP contribution in [0.2, 0.25) is 0 Å². The minimum absolute atomic E-state index is 0.0527. The fraction of sp³-hybridized carbons (Fsp3) is 0.583. The van der Waals surface area contributed by atoms with Gasteiger partial charge in [0.05, 0.1) is 12.3 Å². The molecule has 0 spiro atoms. The summed E-state index contributed by atoms with van der Waals surface area (Å²) in [5.74, 6) is 0.967. The molecule has 10 nitrogen and oxygen atoms in total. The number of aromatic amines is 1. The van der Waals surface area contributed by atoms with Gasteiger partial charge in [0.1, 0.15) is 24.1 Å². The number of carbonyl (C=O) groups excluding carboxylic acids is 2. The molecule has 2 amide bonds. The zero-order valence-electron chi connectivity index (χ0n) is 19.6. The second kappa shape index (κ2) is 9.25. The predicted molar refractivity (Wildman–Crippen MR) is 124 cm³/mol. The molecule has 34 heavy (non-hydrogen) atoms. The SMILES string of the molecule is C[C@@H](Nc1cc([C@@H]2C[C@H](OC(=O)NC3(C)CC3)CO2)[nH]n1)C(=O)N1CC[C@H](c2cccnc2)C1. The predicted octanol–water partition coefficient (Wildman–Crippen LogP) is 2.73. The number of anilines is 1. The van der Waals surface area contributed by atoms with Gasteiger partial charge < -0.3 is 25.0 Å². The molecule has 2 aromatic rings. The molecule has 2 aromatic heterocycles. The number of hydrogen-bond acceptors (Lipinski definition) is 7. The lowest BCUT2D eigenvalue weighted by atomic mass is 10.0. The molecule has 182 valence electrons. The quantitative estimate of drug-likeness (QED) is 0.571. The van der Waals surface area contributed by atoms with Gasteiger partial charge in [0.15, 0.2) is 0 Å². The summed E-state index contributed by atoms with van der Waals surface area (Å²) < 4.78 is 11.3. The van der Waals surface area contributed by atoms with Gasteiger partial charge in [-0.1, -0.05) is 6.07 Å². The molecular formula is C24H32N6O4. The van der Waals surface area contributed by atoms with Crippen molar-refractivity contribution in [3.63, 3.8) is 0 Å². The number of amides is 2. The average Bonchev–Trinajstić information content (AvgIpc) is 3.28. The minimum atomic E-state index is -0.406. The second-order valence-electron chi connectivity index (χ2n) is 9.90. The van der Waals surface area contributed by atoms with E-state index in [0.717, 1.165) is 31.5 Å². The van der Waals surface area contributed by atoms with Gasteiger partial charge in [0, 0.05) is 49.4 Å². The number of ether oxygens (including phenoxy) is 2. The average molecular weight is 469 g/mol. The summed E-state index contributed by atoms with van der Waals surface area (Å²) in [7, 11) is 0. The minimum Gasteiger partial charge on any atom is -0.444 e. The highest BCUT2D eigenvalue weighted by Crippen LogP contribution is 2.35. The van der Waals surface area contributed by atoms with E-state index in [1.165, 1.54) is 5.56 Å². The van der Waals surface area contributed by atoms with Crippen LogP contribution in [0.25, 0.3) is 0 Å². The summed E-state index contributed by atoms with van der Waals surface area (Å²) in [5, 5.41) is 13.4. The van der Waals surface area contributed by atoms with E-state index in [4.69, 9.17) is 9.47 Å². The summed E-state index contributed by atoms with van der Waals surface area (Å²) in [6, 6.07) is 5.45. The van der Waals surface area contributed by atoms with Crippen LogP contribution in [-0.2, 0) is 14.3 Å². The van der Waals surface area contributed by atoms with E-state index in [-0.39, 0.29) is 29.7 Å². The lowest BCUT2D eigenvalue weighted by Crippen LogP contribution is -2.40. The Labute approximate surface area is 198 Å². The monoisotopic (exact) mass is 468 g/mol. The molecule has 5 rings (SSSR count). The van der Waals surface area contributed by atoms with E-state index >= 15 is 0 Å². The number of hydrogen-bond donors (Lipinski definition) is 3. The number of nitrogens with one attached hydrogen (secondary N) is 3. The van der Waals surface area contributed by atoms with Crippen LogP contribution in [0.5, 0.6) is 0 Å². The molecule has 0 unspecified atom stereocenters. The number of aromatic nitrogens is 3. The number of rotatable bonds is 7. The van der Waals surface area contributed by atoms with Gasteiger partial charge in [-0.15, -0.1) is 0 Å². The highest BCUT2D eigenvalue weighted by Gasteiger charge is 2.40. The van der Waals surface area contributed by atoms with Crippen molar-refractivity contribution in [2.75, 3.05) is 25.0 Å². The number of H-pyrrole nitrogens is 1. The lowest BCUT2D eigenvalue weighted by molar-refractivity contribution is -0.130. The van der Waals surface area contributed by atoms with Crippen molar-refractivity contribution in [2.24, 2.45) is 0 Å². The van der Waals surface area contributed by atoms with Crippen LogP contribution >= 0.6 is 0 Å². The van der Waals surface area contributed by atoms with Gasteiger partial charge in [-0.05, 0) is 44.7 Å². The van der Waals surface area contributed by atoms with Crippen molar-refractivity contribution in [1.29, 1.82) is 0 Å². The number of likely N-dealkylation sites (tertiary alicyclic amines) is 1. The molecule has 3 fully saturated rings.